The van der Waals surface area contributed by atoms with Gasteiger partial charge in [-0.15, -0.1) is 0 Å². The molecular weight excluding hydrogens is 427 g/mol. The minimum atomic E-state index is -0.390. The Bertz CT molecular complexity index is 1170. The van der Waals surface area contributed by atoms with Gasteiger partial charge in [-0.2, -0.15) is 9.49 Å². The fraction of sp³-hybridized carbons (Fsp3) is 0.464. The normalized spacial score (nSPS) is 21.2. The van der Waals surface area contributed by atoms with Crippen molar-refractivity contribution in [2.45, 2.75) is 51.7 Å². The summed E-state index contributed by atoms with van der Waals surface area (Å²) in [6.45, 7) is 12.7. The van der Waals surface area contributed by atoms with Crippen LogP contribution >= 0.6 is 0 Å². The zero-order valence-corrected chi connectivity index (χ0v) is 20.6. The zero-order valence-electron chi connectivity index (χ0n) is 20.6. The third kappa shape index (κ3) is 4.89. The van der Waals surface area contributed by atoms with Crippen LogP contribution in [0.2, 0.25) is 0 Å². The number of ether oxygens (including phenoxy) is 1. The predicted octanol–water partition coefficient (Wildman–Crippen LogP) is 5.53. The maximum atomic E-state index is 14.3. The minimum absolute atomic E-state index is 0.194. The maximum Gasteiger partial charge on any atom is 0.216 e. The molecule has 6 heteroatoms. The first kappa shape index (κ1) is 23.1. The number of nitrogens with one attached hydrogen (secondary N) is 2. The van der Waals surface area contributed by atoms with E-state index >= 15 is 0 Å². The number of allylic oxidation sites excluding steroid dienone is 1. The van der Waals surface area contributed by atoms with Crippen LogP contribution in [-0.2, 0) is 4.74 Å². The second kappa shape index (κ2) is 8.82. The lowest BCUT2D eigenvalue weighted by Gasteiger charge is -2.45. The Morgan fingerprint density at radius 1 is 1.00 bits per heavy atom. The Morgan fingerprint density at radius 3 is 2.32 bits per heavy atom. The van der Waals surface area contributed by atoms with Crippen molar-refractivity contribution in [3.8, 4) is 0 Å². The maximum absolute atomic E-state index is 14.3. The summed E-state index contributed by atoms with van der Waals surface area (Å²) in [7, 11) is 0. The summed E-state index contributed by atoms with van der Waals surface area (Å²) in [6, 6.07) is 14.7. The topological polar surface area (TPSA) is 53.2 Å². The molecule has 3 aromatic rings. The Hall–Kier alpha value is -2.70. The SMILES string of the molecule is CC1(C)CC(C=C(c2ccc(N3CCNCC3)cc2)c2ccc3n[nH]c(F)c3c2)CC(C)(C)O1. The lowest BCUT2D eigenvalue weighted by molar-refractivity contribution is -0.166. The quantitative estimate of drug-likeness (QED) is 0.536. The van der Waals surface area contributed by atoms with E-state index in [1.807, 2.05) is 18.2 Å². The van der Waals surface area contributed by atoms with E-state index in [0.717, 1.165) is 55.7 Å². The summed E-state index contributed by atoms with van der Waals surface area (Å²) in [4.78, 5) is 2.42. The molecule has 0 amide bonds. The first-order valence-electron chi connectivity index (χ1n) is 12.3. The summed E-state index contributed by atoms with van der Waals surface area (Å²) in [6.07, 6.45) is 4.27. The molecule has 34 heavy (non-hydrogen) atoms. The van der Waals surface area contributed by atoms with Gasteiger partial charge in [0.1, 0.15) is 0 Å². The number of benzene rings is 2. The largest absolute Gasteiger partial charge is 0.370 e. The van der Waals surface area contributed by atoms with Gasteiger partial charge in [0, 0.05) is 31.9 Å². The van der Waals surface area contributed by atoms with Gasteiger partial charge in [0.2, 0.25) is 5.95 Å². The molecule has 0 saturated carbocycles. The van der Waals surface area contributed by atoms with Crippen LogP contribution in [0.3, 0.4) is 0 Å². The fourth-order valence-electron chi connectivity index (χ4n) is 5.80. The van der Waals surface area contributed by atoms with Crippen LogP contribution in [0.25, 0.3) is 16.5 Å². The Morgan fingerprint density at radius 2 is 1.65 bits per heavy atom. The number of H-pyrrole nitrogens is 1. The van der Waals surface area contributed by atoms with Crippen LogP contribution in [0.1, 0.15) is 51.7 Å². The van der Waals surface area contributed by atoms with E-state index in [1.54, 1.807) is 0 Å². The number of piperazine rings is 1. The number of nitrogens with zero attached hydrogens (tertiary/aromatic N) is 2. The Labute approximate surface area is 201 Å². The van der Waals surface area contributed by atoms with Crippen molar-refractivity contribution in [2.24, 2.45) is 5.92 Å². The molecule has 0 unspecified atom stereocenters. The van der Waals surface area contributed by atoms with Gasteiger partial charge in [0.15, 0.2) is 0 Å². The molecule has 3 heterocycles. The van der Waals surface area contributed by atoms with Crippen molar-refractivity contribution in [2.75, 3.05) is 31.1 Å². The van der Waals surface area contributed by atoms with E-state index in [9.17, 15) is 4.39 Å². The third-order valence-corrected chi connectivity index (χ3v) is 6.94. The van der Waals surface area contributed by atoms with Crippen LogP contribution in [0.4, 0.5) is 10.1 Å². The van der Waals surface area contributed by atoms with Crippen molar-refractivity contribution in [1.29, 1.82) is 0 Å². The molecular formula is C28H35FN4O. The molecule has 2 N–H and O–H groups in total. The van der Waals surface area contributed by atoms with Crippen LogP contribution in [-0.4, -0.2) is 47.6 Å². The van der Waals surface area contributed by atoms with Crippen molar-refractivity contribution < 1.29 is 9.13 Å². The predicted molar refractivity (Wildman–Crippen MR) is 137 cm³/mol. The monoisotopic (exact) mass is 462 g/mol. The first-order valence-corrected chi connectivity index (χ1v) is 12.3. The lowest BCUT2D eigenvalue weighted by atomic mass is 9.79. The molecule has 0 radical (unpaired) electrons. The van der Waals surface area contributed by atoms with Crippen molar-refractivity contribution in [1.82, 2.24) is 15.5 Å². The zero-order chi connectivity index (χ0) is 23.9. The van der Waals surface area contributed by atoms with Gasteiger partial charge in [0.05, 0.1) is 22.1 Å². The van der Waals surface area contributed by atoms with E-state index in [-0.39, 0.29) is 11.2 Å². The van der Waals surface area contributed by atoms with Crippen molar-refractivity contribution in [3.05, 3.63) is 65.6 Å². The molecule has 0 aliphatic carbocycles. The van der Waals surface area contributed by atoms with Crippen LogP contribution in [0, 0.1) is 11.9 Å². The van der Waals surface area contributed by atoms with Crippen molar-refractivity contribution >= 4 is 22.2 Å². The first-order chi connectivity index (χ1) is 16.2. The molecule has 2 fully saturated rings. The second-order valence-electron chi connectivity index (χ2n) is 10.9. The molecule has 180 valence electrons. The number of hydrogen-bond acceptors (Lipinski definition) is 4. The standard InChI is InChI=1S/C28H35FN4O/c1-27(2)17-19(18-28(3,4)34-27)15-23(21-7-10-25-24(16-21)26(29)32-31-25)20-5-8-22(9-6-20)33-13-11-30-12-14-33/h5-10,15-16,19,30H,11-14,17-18H2,1-4H3,(H,31,32). The van der Waals surface area contributed by atoms with Crippen LogP contribution in [0.5, 0.6) is 0 Å². The van der Waals surface area contributed by atoms with Crippen LogP contribution in [0.15, 0.2) is 48.5 Å². The Balaban J connectivity index is 1.55. The summed E-state index contributed by atoms with van der Waals surface area (Å²) in [5.74, 6) is -0.0370. The number of halogens is 1. The molecule has 2 aromatic carbocycles. The van der Waals surface area contributed by atoms with Gasteiger partial charge >= 0.3 is 0 Å². The average Bonchev–Trinajstić information content (AvgIpc) is 3.16. The Kier molecular flexibility index (Phi) is 5.98. The van der Waals surface area contributed by atoms with E-state index in [0.29, 0.717) is 16.8 Å². The number of anilines is 1. The van der Waals surface area contributed by atoms with Crippen molar-refractivity contribution in [3.63, 3.8) is 0 Å². The van der Waals surface area contributed by atoms with Gasteiger partial charge in [-0.1, -0.05) is 24.3 Å². The van der Waals surface area contributed by atoms with Gasteiger partial charge in [-0.25, -0.2) is 0 Å². The molecule has 0 atom stereocenters. The highest BCUT2D eigenvalue weighted by atomic mass is 19.1. The molecule has 5 rings (SSSR count). The fourth-order valence-corrected chi connectivity index (χ4v) is 5.80. The van der Waals surface area contributed by atoms with Gasteiger partial charge in [-0.3, -0.25) is 5.10 Å². The molecule has 2 aliphatic heterocycles. The van der Waals surface area contributed by atoms with E-state index in [2.05, 4.69) is 78.5 Å². The van der Waals surface area contributed by atoms with E-state index < -0.39 is 5.95 Å². The average molecular weight is 463 g/mol. The smallest absolute Gasteiger partial charge is 0.216 e. The molecule has 2 aliphatic rings. The highest BCUT2D eigenvalue weighted by Crippen LogP contribution is 2.41. The second-order valence-corrected chi connectivity index (χ2v) is 10.9. The number of rotatable bonds is 4. The molecule has 1 aromatic heterocycles. The molecule has 0 bridgehead atoms. The van der Waals surface area contributed by atoms with Crippen LogP contribution < -0.4 is 10.2 Å². The minimum Gasteiger partial charge on any atom is -0.370 e. The molecule has 0 spiro atoms. The lowest BCUT2D eigenvalue weighted by Crippen LogP contribution is -2.44. The number of aromatic amines is 1. The number of aromatic nitrogens is 2. The highest BCUT2D eigenvalue weighted by Gasteiger charge is 2.38. The molecule has 2 saturated heterocycles. The number of hydrogen-bond donors (Lipinski definition) is 2. The summed E-state index contributed by atoms with van der Waals surface area (Å²) < 4.78 is 20.7. The summed E-state index contributed by atoms with van der Waals surface area (Å²) >= 11 is 0. The van der Waals surface area contributed by atoms with E-state index in [1.165, 1.54) is 5.69 Å². The van der Waals surface area contributed by atoms with E-state index in [4.69, 9.17) is 4.74 Å². The molecule has 5 nitrogen and oxygen atoms in total. The van der Waals surface area contributed by atoms with Gasteiger partial charge in [0.25, 0.3) is 0 Å². The summed E-state index contributed by atoms with van der Waals surface area (Å²) in [5, 5.41) is 10.5. The highest BCUT2D eigenvalue weighted by molar-refractivity contribution is 5.88. The third-order valence-electron chi connectivity index (χ3n) is 6.94. The van der Waals surface area contributed by atoms with Gasteiger partial charge in [-0.05, 0) is 87.4 Å². The number of fused-ring (bicyclic) bond motifs is 1. The van der Waals surface area contributed by atoms with Gasteiger partial charge < -0.3 is 15.0 Å². The summed E-state index contributed by atoms with van der Waals surface area (Å²) in [5.41, 5.74) is 4.78.